The van der Waals surface area contributed by atoms with Crippen molar-refractivity contribution in [3.63, 3.8) is 0 Å². The van der Waals surface area contributed by atoms with Crippen LogP contribution < -0.4 is 14.8 Å². The second-order valence-electron chi connectivity index (χ2n) is 7.35. The van der Waals surface area contributed by atoms with E-state index in [9.17, 15) is 13.2 Å². The Labute approximate surface area is 177 Å². The lowest BCUT2D eigenvalue weighted by molar-refractivity contribution is -0.118. The number of aliphatic imine (C=N–C) groups is 1. The molecule has 0 atom stereocenters. The summed E-state index contributed by atoms with van der Waals surface area (Å²) in [4.78, 5) is 16.6. The predicted octanol–water partition coefficient (Wildman–Crippen LogP) is 3.57. The van der Waals surface area contributed by atoms with Crippen LogP contribution in [0.2, 0.25) is 0 Å². The average Bonchev–Trinajstić information content (AvgIpc) is 2.97. The third-order valence-corrected chi connectivity index (χ3v) is 6.32. The second kappa shape index (κ2) is 9.75. The molecule has 1 amide bonds. The van der Waals surface area contributed by atoms with Gasteiger partial charge in [-0.05, 0) is 74.2 Å². The minimum absolute atomic E-state index is 0.124. The lowest BCUT2D eigenvalue weighted by Crippen LogP contribution is -2.30. The Morgan fingerprint density at radius 1 is 1.03 bits per heavy atom. The van der Waals surface area contributed by atoms with Gasteiger partial charge in [-0.1, -0.05) is 12.5 Å². The molecule has 0 spiro atoms. The first kappa shape index (κ1) is 21.8. The average molecular weight is 430 g/mol. The highest BCUT2D eigenvalue weighted by molar-refractivity contribution is 7.90. The van der Waals surface area contributed by atoms with Crippen molar-refractivity contribution in [3.8, 4) is 5.75 Å². The predicted molar refractivity (Wildman–Crippen MR) is 118 cm³/mol. The smallest absolute Gasteiger partial charge is 0.262 e. The van der Waals surface area contributed by atoms with Crippen LogP contribution in [0.3, 0.4) is 0 Å². The molecule has 0 aliphatic carbocycles. The number of carbonyl (C=O) groups excluding carboxylic acids is 1. The summed E-state index contributed by atoms with van der Waals surface area (Å²) in [7, 11) is -3.69. The Hall–Kier alpha value is -2.87. The standard InChI is InChI=1S/C22H27N3O4S/c1-16-7-10-19(14-17(16)2)29-15-22(26)24-18-8-11-20(12-9-18)30(27,28)25-21-6-4-3-5-13-23-21/h7-12,14H,3-6,13,15H2,1-2H3,(H,23,25)(H,24,26). The summed E-state index contributed by atoms with van der Waals surface area (Å²) in [5, 5.41) is 2.70. The van der Waals surface area contributed by atoms with Crippen LogP contribution in [0.5, 0.6) is 5.75 Å². The lowest BCUT2D eigenvalue weighted by Gasteiger charge is -2.11. The van der Waals surface area contributed by atoms with E-state index in [1.165, 1.54) is 12.1 Å². The topological polar surface area (TPSA) is 96.9 Å². The zero-order valence-electron chi connectivity index (χ0n) is 17.3. The number of rotatable bonds is 6. The number of sulfonamides is 1. The van der Waals surface area contributed by atoms with Crippen LogP contribution in [0.1, 0.15) is 36.8 Å². The first-order chi connectivity index (χ1) is 14.3. The van der Waals surface area contributed by atoms with Crippen molar-refractivity contribution in [1.82, 2.24) is 4.72 Å². The molecule has 2 aromatic carbocycles. The molecule has 30 heavy (non-hydrogen) atoms. The molecule has 0 saturated heterocycles. The Balaban J connectivity index is 1.56. The van der Waals surface area contributed by atoms with Gasteiger partial charge in [-0.3, -0.25) is 14.5 Å². The zero-order valence-corrected chi connectivity index (χ0v) is 18.1. The summed E-state index contributed by atoms with van der Waals surface area (Å²) in [6.07, 6.45) is 3.59. The van der Waals surface area contributed by atoms with Gasteiger partial charge in [-0.2, -0.15) is 0 Å². The van der Waals surface area contributed by atoms with E-state index < -0.39 is 10.0 Å². The molecule has 7 nitrogen and oxygen atoms in total. The van der Waals surface area contributed by atoms with Crippen LogP contribution in [0.4, 0.5) is 5.69 Å². The molecule has 3 rings (SSSR count). The molecule has 0 fully saturated rings. The maximum absolute atomic E-state index is 12.6. The monoisotopic (exact) mass is 429 g/mol. The van der Waals surface area contributed by atoms with Crippen molar-refractivity contribution in [3.05, 3.63) is 53.6 Å². The summed E-state index contributed by atoms with van der Waals surface area (Å²) < 4.78 is 33.2. The van der Waals surface area contributed by atoms with Gasteiger partial charge < -0.3 is 10.1 Å². The number of nitrogens with one attached hydrogen (secondary N) is 2. The molecular weight excluding hydrogens is 402 g/mol. The first-order valence-electron chi connectivity index (χ1n) is 9.99. The minimum atomic E-state index is -3.69. The first-order valence-corrected chi connectivity index (χ1v) is 11.5. The fraction of sp³-hybridized carbons (Fsp3) is 0.364. The van der Waals surface area contributed by atoms with Gasteiger partial charge in [0.25, 0.3) is 15.9 Å². The summed E-state index contributed by atoms with van der Waals surface area (Å²) in [5.41, 5.74) is 2.74. The Morgan fingerprint density at radius 2 is 1.80 bits per heavy atom. The molecule has 2 aromatic rings. The highest BCUT2D eigenvalue weighted by Gasteiger charge is 2.17. The summed E-state index contributed by atoms with van der Waals surface area (Å²) in [6, 6.07) is 11.7. The highest BCUT2D eigenvalue weighted by Crippen LogP contribution is 2.17. The van der Waals surface area contributed by atoms with Crippen LogP contribution >= 0.6 is 0 Å². The van der Waals surface area contributed by atoms with Gasteiger partial charge >= 0.3 is 0 Å². The quantitative estimate of drug-likeness (QED) is 0.734. The molecule has 0 bridgehead atoms. The van der Waals surface area contributed by atoms with Crippen molar-refractivity contribution >= 4 is 27.5 Å². The van der Waals surface area contributed by atoms with Gasteiger partial charge in [-0.15, -0.1) is 0 Å². The normalized spacial score (nSPS) is 14.4. The lowest BCUT2D eigenvalue weighted by atomic mass is 10.1. The van der Waals surface area contributed by atoms with E-state index in [1.54, 1.807) is 12.1 Å². The van der Waals surface area contributed by atoms with Crippen LogP contribution in [-0.4, -0.2) is 33.3 Å². The third-order valence-electron chi connectivity index (χ3n) is 4.92. The molecular formula is C22H27N3O4S. The minimum Gasteiger partial charge on any atom is -0.484 e. The third kappa shape index (κ3) is 6.06. The fourth-order valence-electron chi connectivity index (χ4n) is 3.04. The van der Waals surface area contributed by atoms with Crippen molar-refractivity contribution in [2.75, 3.05) is 18.5 Å². The maximum Gasteiger partial charge on any atom is 0.262 e. The molecule has 0 saturated carbocycles. The van der Waals surface area contributed by atoms with Crippen LogP contribution in [0.15, 0.2) is 52.4 Å². The molecule has 1 aliphatic rings. The van der Waals surface area contributed by atoms with Crippen molar-refractivity contribution in [2.24, 2.45) is 4.99 Å². The molecule has 0 unspecified atom stereocenters. The van der Waals surface area contributed by atoms with E-state index >= 15 is 0 Å². The van der Waals surface area contributed by atoms with Gasteiger partial charge in [0.2, 0.25) is 0 Å². The molecule has 0 radical (unpaired) electrons. The number of benzene rings is 2. The van der Waals surface area contributed by atoms with Crippen LogP contribution in [0.25, 0.3) is 0 Å². The summed E-state index contributed by atoms with van der Waals surface area (Å²) in [5.74, 6) is 0.810. The van der Waals surface area contributed by atoms with Gasteiger partial charge in [0.15, 0.2) is 6.61 Å². The maximum atomic E-state index is 12.6. The van der Waals surface area contributed by atoms with Crippen molar-refractivity contribution < 1.29 is 17.9 Å². The van der Waals surface area contributed by atoms with Gasteiger partial charge in [-0.25, -0.2) is 8.42 Å². The van der Waals surface area contributed by atoms with Crippen LogP contribution in [-0.2, 0) is 14.8 Å². The number of hydrogen-bond acceptors (Lipinski definition) is 5. The largest absolute Gasteiger partial charge is 0.484 e. The summed E-state index contributed by atoms with van der Waals surface area (Å²) in [6.45, 7) is 4.50. The Morgan fingerprint density at radius 3 is 2.53 bits per heavy atom. The Kier molecular flexibility index (Phi) is 7.10. The van der Waals surface area contributed by atoms with Crippen molar-refractivity contribution in [2.45, 2.75) is 44.4 Å². The number of nitrogens with zero attached hydrogens (tertiary/aromatic N) is 1. The highest BCUT2D eigenvalue weighted by atomic mass is 32.2. The van der Waals surface area contributed by atoms with Crippen LogP contribution in [0, 0.1) is 13.8 Å². The molecule has 160 valence electrons. The number of carbonyl (C=O) groups is 1. The number of amides is 1. The van der Waals surface area contributed by atoms with E-state index in [-0.39, 0.29) is 17.4 Å². The molecule has 8 heteroatoms. The zero-order chi connectivity index (χ0) is 21.6. The number of amidine groups is 1. The second-order valence-corrected chi connectivity index (χ2v) is 9.03. The molecule has 1 heterocycles. The summed E-state index contributed by atoms with van der Waals surface area (Å²) >= 11 is 0. The van der Waals surface area contributed by atoms with Gasteiger partial charge in [0.1, 0.15) is 11.6 Å². The van der Waals surface area contributed by atoms with E-state index in [0.29, 0.717) is 30.2 Å². The number of anilines is 1. The fourth-order valence-corrected chi connectivity index (χ4v) is 4.13. The number of hydrogen-bond donors (Lipinski definition) is 2. The van der Waals surface area contributed by atoms with E-state index in [1.807, 2.05) is 32.0 Å². The number of aryl methyl sites for hydroxylation is 2. The molecule has 0 aromatic heterocycles. The van der Waals surface area contributed by atoms with E-state index in [4.69, 9.17) is 4.74 Å². The molecule has 2 N–H and O–H groups in total. The van der Waals surface area contributed by atoms with Gasteiger partial charge in [0, 0.05) is 18.7 Å². The number of ether oxygens (including phenoxy) is 1. The van der Waals surface area contributed by atoms with E-state index in [0.717, 1.165) is 30.4 Å². The Bertz CT molecular complexity index is 1030. The molecule has 1 aliphatic heterocycles. The SMILES string of the molecule is Cc1ccc(OCC(=O)Nc2ccc(S(=O)(=O)NC3=NCCCCC3)cc2)cc1C. The van der Waals surface area contributed by atoms with Gasteiger partial charge in [0.05, 0.1) is 4.90 Å². The van der Waals surface area contributed by atoms with E-state index in [2.05, 4.69) is 15.0 Å². The van der Waals surface area contributed by atoms with Crippen molar-refractivity contribution in [1.29, 1.82) is 0 Å².